The second-order valence-electron chi connectivity index (χ2n) is 6.49. The van der Waals surface area contributed by atoms with Gasteiger partial charge in [0, 0.05) is 19.1 Å². The van der Waals surface area contributed by atoms with Gasteiger partial charge in [0.2, 0.25) is 0 Å². The van der Waals surface area contributed by atoms with Crippen LogP contribution in [0.15, 0.2) is 0 Å². The number of ether oxygens (including phenoxy) is 1. The van der Waals surface area contributed by atoms with E-state index in [1.54, 1.807) is 4.90 Å². The molecule has 1 aliphatic rings. The molecule has 94 valence electrons. The van der Waals surface area contributed by atoms with Crippen molar-refractivity contribution in [3.63, 3.8) is 0 Å². The fourth-order valence-electron chi connectivity index (χ4n) is 2.17. The number of amides is 1. The van der Waals surface area contributed by atoms with E-state index in [2.05, 4.69) is 13.8 Å². The lowest BCUT2D eigenvalue weighted by molar-refractivity contribution is 0.00597. The van der Waals surface area contributed by atoms with E-state index in [1.165, 1.54) is 0 Å². The molecule has 0 aromatic rings. The van der Waals surface area contributed by atoms with Crippen molar-refractivity contribution in [1.29, 1.82) is 0 Å². The minimum atomic E-state index is -0.442. The lowest BCUT2D eigenvalue weighted by Crippen LogP contribution is -2.53. The highest BCUT2D eigenvalue weighted by atomic mass is 16.6. The van der Waals surface area contributed by atoms with Gasteiger partial charge in [-0.15, -0.1) is 0 Å². The Labute approximate surface area is 98.1 Å². The largest absolute Gasteiger partial charge is 0.444 e. The third-order valence-corrected chi connectivity index (χ3v) is 2.54. The molecule has 0 bridgehead atoms. The summed E-state index contributed by atoms with van der Waals surface area (Å²) >= 11 is 0. The Bertz CT molecular complexity index is 269. The number of nitrogens with two attached hydrogens (primary N) is 1. The van der Waals surface area contributed by atoms with E-state index >= 15 is 0 Å². The first kappa shape index (κ1) is 13.3. The number of hydrogen-bond donors (Lipinski definition) is 1. The SMILES string of the molecule is CC1(C)CC(N)CN(C(=O)OC(C)(C)C)C1. The number of piperidine rings is 1. The van der Waals surface area contributed by atoms with Gasteiger partial charge in [0.25, 0.3) is 0 Å². The fourth-order valence-corrected chi connectivity index (χ4v) is 2.17. The molecule has 2 N–H and O–H groups in total. The molecular formula is C12H24N2O2. The molecule has 4 nitrogen and oxygen atoms in total. The molecule has 1 aliphatic heterocycles. The average Bonchev–Trinajstić information content (AvgIpc) is 1.96. The smallest absolute Gasteiger partial charge is 0.410 e. The molecule has 0 radical (unpaired) electrons. The Morgan fingerprint density at radius 1 is 1.44 bits per heavy atom. The molecule has 1 fully saturated rings. The highest BCUT2D eigenvalue weighted by Gasteiger charge is 2.35. The number of rotatable bonds is 0. The molecule has 0 aliphatic carbocycles. The van der Waals surface area contributed by atoms with Gasteiger partial charge in [0.05, 0.1) is 0 Å². The standard InChI is InChI=1S/C12H24N2O2/c1-11(2,3)16-10(15)14-7-9(13)6-12(4,5)8-14/h9H,6-8,13H2,1-5H3. The van der Waals surface area contributed by atoms with Gasteiger partial charge in [-0.1, -0.05) is 13.8 Å². The molecule has 0 aromatic heterocycles. The number of likely N-dealkylation sites (tertiary alicyclic amines) is 1. The molecular weight excluding hydrogens is 204 g/mol. The molecule has 4 heteroatoms. The zero-order valence-corrected chi connectivity index (χ0v) is 11.0. The Balaban J connectivity index is 2.63. The summed E-state index contributed by atoms with van der Waals surface area (Å²) in [6.07, 6.45) is 0.697. The van der Waals surface area contributed by atoms with Crippen molar-refractivity contribution in [2.75, 3.05) is 13.1 Å². The predicted molar refractivity (Wildman–Crippen MR) is 64.2 cm³/mol. The topological polar surface area (TPSA) is 55.6 Å². The van der Waals surface area contributed by atoms with E-state index in [-0.39, 0.29) is 17.6 Å². The fraction of sp³-hybridized carbons (Fsp3) is 0.917. The summed E-state index contributed by atoms with van der Waals surface area (Å²) in [7, 11) is 0. The van der Waals surface area contributed by atoms with Gasteiger partial charge in [-0.25, -0.2) is 4.79 Å². The maximum absolute atomic E-state index is 11.9. The van der Waals surface area contributed by atoms with Crippen LogP contribution in [0.1, 0.15) is 41.0 Å². The van der Waals surface area contributed by atoms with Gasteiger partial charge in [0.15, 0.2) is 0 Å². The highest BCUT2D eigenvalue weighted by molar-refractivity contribution is 5.68. The molecule has 1 rings (SSSR count). The third-order valence-electron chi connectivity index (χ3n) is 2.54. The summed E-state index contributed by atoms with van der Waals surface area (Å²) in [5, 5.41) is 0. The molecule has 0 spiro atoms. The van der Waals surface area contributed by atoms with Gasteiger partial charge in [-0.3, -0.25) is 0 Å². The second kappa shape index (κ2) is 4.24. The molecule has 1 heterocycles. The van der Waals surface area contributed by atoms with Crippen molar-refractivity contribution in [1.82, 2.24) is 4.90 Å². The first-order chi connectivity index (χ1) is 7.09. The summed E-state index contributed by atoms with van der Waals surface area (Å²) < 4.78 is 5.35. The molecule has 1 atom stereocenters. The highest BCUT2D eigenvalue weighted by Crippen LogP contribution is 2.28. The quantitative estimate of drug-likeness (QED) is 0.689. The monoisotopic (exact) mass is 228 g/mol. The maximum atomic E-state index is 11.9. The van der Waals surface area contributed by atoms with E-state index in [0.29, 0.717) is 6.54 Å². The molecule has 0 saturated carbocycles. The summed E-state index contributed by atoms with van der Waals surface area (Å²) in [6.45, 7) is 11.2. The van der Waals surface area contributed by atoms with E-state index in [0.717, 1.165) is 13.0 Å². The second-order valence-corrected chi connectivity index (χ2v) is 6.49. The van der Waals surface area contributed by atoms with Gasteiger partial charge in [-0.05, 0) is 32.6 Å². The van der Waals surface area contributed by atoms with Crippen molar-refractivity contribution in [2.24, 2.45) is 11.1 Å². The van der Waals surface area contributed by atoms with Crippen LogP contribution in [-0.2, 0) is 4.74 Å². The lowest BCUT2D eigenvalue weighted by atomic mass is 9.82. The van der Waals surface area contributed by atoms with Crippen LogP contribution >= 0.6 is 0 Å². The number of carbonyl (C=O) groups excluding carboxylic acids is 1. The van der Waals surface area contributed by atoms with Gasteiger partial charge in [0.1, 0.15) is 5.60 Å². The minimum absolute atomic E-state index is 0.0521. The van der Waals surface area contributed by atoms with Crippen LogP contribution in [0.2, 0.25) is 0 Å². The Kier molecular flexibility index (Phi) is 3.53. The van der Waals surface area contributed by atoms with Crippen LogP contribution < -0.4 is 5.73 Å². The van der Waals surface area contributed by atoms with E-state index in [1.807, 2.05) is 20.8 Å². The zero-order valence-electron chi connectivity index (χ0n) is 11.0. The van der Waals surface area contributed by atoms with Crippen molar-refractivity contribution in [2.45, 2.75) is 52.7 Å². The van der Waals surface area contributed by atoms with Crippen LogP contribution in [-0.4, -0.2) is 35.7 Å². The van der Waals surface area contributed by atoms with Gasteiger partial charge >= 0.3 is 6.09 Å². The summed E-state index contributed by atoms with van der Waals surface area (Å²) in [5.74, 6) is 0. The van der Waals surface area contributed by atoms with Gasteiger partial charge < -0.3 is 15.4 Å². The zero-order chi connectivity index (χ0) is 12.6. The number of nitrogens with zero attached hydrogens (tertiary/aromatic N) is 1. The number of carbonyl (C=O) groups is 1. The first-order valence-electron chi connectivity index (χ1n) is 5.83. The third kappa shape index (κ3) is 4.00. The van der Waals surface area contributed by atoms with E-state index < -0.39 is 5.60 Å². The summed E-state index contributed by atoms with van der Waals surface area (Å²) in [6, 6.07) is 0.0521. The summed E-state index contributed by atoms with van der Waals surface area (Å²) in [5.41, 5.74) is 5.59. The normalized spacial score (nSPS) is 25.4. The van der Waals surface area contributed by atoms with Crippen molar-refractivity contribution < 1.29 is 9.53 Å². The maximum Gasteiger partial charge on any atom is 0.410 e. The molecule has 1 unspecified atom stereocenters. The first-order valence-corrected chi connectivity index (χ1v) is 5.83. The van der Waals surface area contributed by atoms with Crippen LogP contribution in [0.3, 0.4) is 0 Å². The predicted octanol–water partition coefficient (Wildman–Crippen LogP) is 1.98. The Hall–Kier alpha value is -0.770. The average molecular weight is 228 g/mol. The lowest BCUT2D eigenvalue weighted by Gasteiger charge is -2.41. The number of hydrogen-bond acceptors (Lipinski definition) is 3. The van der Waals surface area contributed by atoms with E-state index in [9.17, 15) is 4.79 Å². The summed E-state index contributed by atoms with van der Waals surface area (Å²) in [4.78, 5) is 13.6. The van der Waals surface area contributed by atoms with Crippen LogP contribution in [0.5, 0.6) is 0 Å². The van der Waals surface area contributed by atoms with Crippen molar-refractivity contribution in [3.8, 4) is 0 Å². The Morgan fingerprint density at radius 3 is 2.44 bits per heavy atom. The van der Waals surface area contributed by atoms with Crippen LogP contribution in [0.25, 0.3) is 0 Å². The molecule has 1 saturated heterocycles. The molecule has 1 amide bonds. The van der Waals surface area contributed by atoms with Crippen molar-refractivity contribution >= 4 is 6.09 Å². The Morgan fingerprint density at radius 2 is 2.00 bits per heavy atom. The van der Waals surface area contributed by atoms with E-state index in [4.69, 9.17) is 10.5 Å². The molecule has 0 aromatic carbocycles. The minimum Gasteiger partial charge on any atom is -0.444 e. The van der Waals surface area contributed by atoms with Crippen LogP contribution in [0.4, 0.5) is 4.79 Å². The van der Waals surface area contributed by atoms with Crippen molar-refractivity contribution in [3.05, 3.63) is 0 Å². The van der Waals surface area contributed by atoms with Crippen LogP contribution in [0, 0.1) is 5.41 Å². The van der Waals surface area contributed by atoms with Gasteiger partial charge in [-0.2, -0.15) is 0 Å². The molecule has 16 heavy (non-hydrogen) atoms.